The van der Waals surface area contributed by atoms with E-state index in [4.69, 9.17) is 9.84 Å². The minimum atomic E-state index is -1.03. The summed E-state index contributed by atoms with van der Waals surface area (Å²) in [6.07, 6.45) is 1.01. The third-order valence-electron chi connectivity index (χ3n) is 3.54. The van der Waals surface area contributed by atoms with Crippen LogP contribution in [0, 0.1) is 0 Å². The number of rotatable bonds is 3. The molecule has 1 saturated carbocycles. The van der Waals surface area contributed by atoms with Crippen molar-refractivity contribution in [2.75, 3.05) is 6.61 Å². The van der Waals surface area contributed by atoms with E-state index in [-0.39, 0.29) is 12.5 Å². The fourth-order valence-corrected chi connectivity index (χ4v) is 2.22. The summed E-state index contributed by atoms with van der Waals surface area (Å²) in [7, 11) is 0. The molecule has 3 rings (SSSR count). The lowest BCUT2D eigenvalue weighted by Crippen LogP contribution is -2.45. The summed E-state index contributed by atoms with van der Waals surface area (Å²) in [5.74, 6) is -0.918. The quantitative estimate of drug-likeness (QED) is 0.832. The normalized spacial score (nSPS) is 22.8. The van der Waals surface area contributed by atoms with Crippen molar-refractivity contribution in [3.8, 4) is 5.75 Å². The average Bonchev–Trinajstić information content (AvgIpc) is 3.01. The number of carbonyl (C=O) groups is 2. The smallest absolute Gasteiger partial charge is 0.329 e. The van der Waals surface area contributed by atoms with Crippen LogP contribution in [0.15, 0.2) is 24.3 Å². The Hall–Kier alpha value is -2.04. The minimum Gasteiger partial charge on any atom is -0.492 e. The fraction of sp³-hybridized carbons (Fsp3) is 0.385. The second-order valence-electron chi connectivity index (χ2n) is 4.78. The molecule has 1 atom stereocenters. The standard InChI is InChI=1S/C13H13NO4/c15-11(14-13(5-6-13)12(16)17)9-7-18-10-4-2-1-3-8(9)10/h1-4,9H,5-7H2,(H,14,15)(H,16,17)/t9-/m1/s1. The molecule has 1 aromatic rings. The van der Waals surface area contributed by atoms with Gasteiger partial charge in [-0.1, -0.05) is 18.2 Å². The lowest BCUT2D eigenvalue weighted by molar-refractivity contribution is -0.143. The first-order chi connectivity index (χ1) is 8.62. The molecule has 1 fully saturated rings. The number of carboxylic acid groups (broad SMARTS) is 1. The number of ether oxygens (including phenoxy) is 1. The van der Waals surface area contributed by atoms with Crippen LogP contribution in [-0.2, 0) is 9.59 Å². The molecule has 2 N–H and O–H groups in total. The molecule has 1 aliphatic carbocycles. The highest BCUT2D eigenvalue weighted by Crippen LogP contribution is 2.38. The first-order valence-corrected chi connectivity index (χ1v) is 5.89. The van der Waals surface area contributed by atoms with Crippen molar-refractivity contribution < 1.29 is 19.4 Å². The van der Waals surface area contributed by atoms with E-state index in [0.717, 1.165) is 5.56 Å². The van der Waals surface area contributed by atoms with Crippen LogP contribution in [0.25, 0.3) is 0 Å². The lowest BCUT2D eigenvalue weighted by Gasteiger charge is -2.15. The van der Waals surface area contributed by atoms with Gasteiger partial charge >= 0.3 is 5.97 Å². The van der Waals surface area contributed by atoms with Gasteiger partial charge in [-0.2, -0.15) is 0 Å². The number of amides is 1. The summed E-state index contributed by atoms with van der Waals surface area (Å²) in [6, 6.07) is 7.34. The Morgan fingerprint density at radius 1 is 1.33 bits per heavy atom. The van der Waals surface area contributed by atoms with E-state index in [2.05, 4.69) is 5.32 Å². The summed E-state index contributed by atoms with van der Waals surface area (Å²) < 4.78 is 5.42. The molecule has 18 heavy (non-hydrogen) atoms. The maximum atomic E-state index is 12.1. The molecule has 1 aliphatic heterocycles. The molecule has 0 aromatic heterocycles. The zero-order chi connectivity index (χ0) is 12.8. The second kappa shape index (κ2) is 3.73. The zero-order valence-corrected chi connectivity index (χ0v) is 9.68. The van der Waals surface area contributed by atoms with Crippen molar-refractivity contribution in [2.45, 2.75) is 24.3 Å². The van der Waals surface area contributed by atoms with E-state index in [9.17, 15) is 9.59 Å². The molecular formula is C13H13NO4. The number of nitrogens with one attached hydrogen (secondary N) is 1. The summed E-state index contributed by atoms with van der Waals surface area (Å²) in [5, 5.41) is 11.7. The van der Waals surface area contributed by atoms with Crippen LogP contribution < -0.4 is 10.1 Å². The maximum Gasteiger partial charge on any atom is 0.329 e. The minimum absolute atomic E-state index is 0.264. The van der Waals surface area contributed by atoms with Crippen LogP contribution in [0.3, 0.4) is 0 Å². The molecule has 0 saturated heterocycles. The monoisotopic (exact) mass is 247 g/mol. The van der Waals surface area contributed by atoms with Gasteiger partial charge in [0.15, 0.2) is 0 Å². The Bertz CT molecular complexity index is 521. The second-order valence-corrected chi connectivity index (χ2v) is 4.78. The fourth-order valence-electron chi connectivity index (χ4n) is 2.22. The lowest BCUT2D eigenvalue weighted by atomic mass is 10.00. The summed E-state index contributed by atoms with van der Waals surface area (Å²) in [4.78, 5) is 23.1. The molecule has 0 spiro atoms. The SMILES string of the molecule is O=C(NC1(C(=O)O)CC1)[C@@H]1COc2ccccc21. The molecule has 2 aliphatic rings. The Morgan fingerprint density at radius 2 is 2.06 bits per heavy atom. The van der Waals surface area contributed by atoms with Crippen LogP contribution in [0.2, 0.25) is 0 Å². The molecule has 0 bridgehead atoms. The van der Waals surface area contributed by atoms with E-state index in [0.29, 0.717) is 18.6 Å². The molecule has 0 unspecified atom stereocenters. The highest BCUT2D eigenvalue weighted by atomic mass is 16.5. The largest absolute Gasteiger partial charge is 0.492 e. The van der Waals surface area contributed by atoms with Crippen molar-refractivity contribution >= 4 is 11.9 Å². The first-order valence-electron chi connectivity index (χ1n) is 5.89. The van der Waals surface area contributed by atoms with E-state index >= 15 is 0 Å². The number of fused-ring (bicyclic) bond motifs is 1. The summed E-state index contributed by atoms with van der Waals surface area (Å²) in [5.41, 5.74) is -0.203. The number of benzene rings is 1. The number of carbonyl (C=O) groups excluding carboxylic acids is 1. The topological polar surface area (TPSA) is 75.6 Å². The Morgan fingerprint density at radius 3 is 2.72 bits per heavy atom. The number of hydrogen-bond donors (Lipinski definition) is 2. The molecule has 1 aromatic carbocycles. The predicted octanol–water partition coefficient (Wildman–Crippen LogP) is 0.896. The van der Waals surface area contributed by atoms with Crippen molar-refractivity contribution in [1.82, 2.24) is 5.32 Å². The Kier molecular flexibility index (Phi) is 2.29. The number of aliphatic carboxylic acids is 1. The summed E-state index contributed by atoms with van der Waals surface area (Å²) >= 11 is 0. The number of para-hydroxylation sites is 1. The summed E-state index contributed by atoms with van der Waals surface area (Å²) in [6.45, 7) is 0.279. The molecule has 0 radical (unpaired) electrons. The number of hydrogen-bond acceptors (Lipinski definition) is 3. The molecule has 5 heteroatoms. The highest BCUT2D eigenvalue weighted by Gasteiger charge is 2.52. The molecule has 94 valence electrons. The van der Waals surface area contributed by atoms with Gasteiger partial charge in [0.1, 0.15) is 23.8 Å². The molecular weight excluding hydrogens is 234 g/mol. The van der Waals surface area contributed by atoms with Gasteiger partial charge in [-0.15, -0.1) is 0 Å². The van der Waals surface area contributed by atoms with Gasteiger partial charge in [0.05, 0.1) is 0 Å². The van der Waals surface area contributed by atoms with Gasteiger partial charge in [0, 0.05) is 5.56 Å². The van der Waals surface area contributed by atoms with Crippen molar-refractivity contribution in [3.05, 3.63) is 29.8 Å². The van der Waals surface area contributed by atoms with Gasteiger partial charge in [0.2, 0.25) is 5.91 Å². The van der Waals surface area contributed by atoms with Crippen molar-refractivity contribution in [2.24, 2.45) is 0 Å². The third-order valence-corrected chi connectivity index (χ3v) is 3.54. The van der Waals surface area contributed by atoms with Crippen LogP contribution in [0.4, 0.5) is 0 Å². The Labute approximate surface area is 104 Å². The maximum absolute atomic E-state index is 12.1. The van der Waals surface area contributed by atoms with E-state index in [1.165, 1.54) is 0 Å². The average molecular weight is 247 g/mol. The van der Waals surface area contributed by atoms with Crippen LogP contribution in [0.1, 0.15) is 24.3 Å². The first kappa shape index (κ1) is 11.1. The Balaban J connectivity index is 1.77. The predicted molar refractivity (Wildman–Crippen MR) is 62.4 cm³/mol. The van der Waals surface area contributed by atoms with E-state index in [1.807, 2.05) is 24.3 Å². The van der Waals surface area contributed by atoms with Crippen LogP contribution in [-0.4, -0.2) is 29.1 Å². The highest BCUT2D eigenvalue weighted by molar-refractivity contribution is 5.93. The van der Waals surface area contributed by atoms with E-state index < -0.39 is 17.4 Å². The number of carboxylic acids is 1. The molecule has 5 nitrogen and oxygen atoms in total. The van der Waals surface area contributed by atoms with Gasteiger partial charge in [-0.05, 0) is 18.9 Å². The van der Waals surface area contributed by atoms with Crippen LogP contribution in [0.5, 0.6) is 5.75 Å². The van der Waals surface area contributed by atoms with Gasteiger partial charge in [0.25, 0.3) is 0 Å². The zero-order valence-electron chi connectivity index (χ0n) is 9.68. The van der Waals surface area contributed by atoms with Gasteiger partial charge in [-0.3, -0.25) is 4.79 Å². The third kappa shape index (κ3) is 1.63. The van der Waals surface area contributed by atoms with Crippen LogP contribution >= 0.6 is 0 Å². The molecule has 1 amide bonds. The van der Waals surface area contributed by atoms with Crippen molar-refractivity contribution in [1.29, 1.82) is 0 Å². The van der Waals surface area contributed by atoms with Gasteiger partial charge < -0.3 is 15.2 Å². The van der Waals surface area contributed by atoms with Gasteiger partial charge in [-0.25, -0.2) is 4.79 Å². The van der Waals surface area contributed by atoms with E-state index in [1.54, 1.807) is 0 Å². The van der Waals surface area contributed by atoms with Crippen molar-refractivity contribution in [3.63, 3.8) is 0 Å². The molecule has 1 heterocycles.